The number of benzene rings is 1. The largest absolute Gasteiger partial charge is 0.353 e. The van der Waals surface area contributed by atoms with Crippen LogP contribution >= 0.6 is 23.1 Å². The second-order valence-electron chi connectivity index (χ2n) is 5.24. The van der Waals surface area contributed by atoms with Gasteiger partial charge in [-0.05, 0) is 37.5 Å². The summed E-state index contributed by atoms with van der Waals surface area (Å²) in [6, 6.07) is 8.35. The molecule has 23 heavy (non-hydrogen) atoms. The van der Waals surface area contributed by atoms with Crippen molar-refractivity contribution in [3.8, 4) is 0 Å². The number of thioether (sulfide) groups is 1. The third kappa shape index (κ3) is 5.84. The Balaban J connectivity index is 1.84. The van der Waals surface area contributed by atoms with E-state index in [0.29, 0.717) is 5.75 Å². The van der Waals surface area contributed by atoms with Crippen LogP contribution in [0.25, 0.3) is 0 Å². The van der Waals surface area contributed by atoms with Gasteiger partial charge in [-0.25, -0.2) is 0 Å². The first-order valence-electron chi connectivity index (χ1n) is 7.70. The Kier molecular flexibility index (Phi) is 6.85. The van der Waals surface area contributed by atoms with E-state index >= 15 is 0 Å². The molecule has 2 rings (SSSR count). The molecule has 0 radical (unpaired) electrons. The van der Waals surface area contributed by atoms with E-state index in [1.807, 2.05) is 25.1 Å². The average Bonchev–Trinajstić information content (AvgIpc) is 2.98. The second-order valence-corrected chi connectivity index (χ2v) is 7.44. The van der Waals surface area contributed by atoms with Gasteiger partial charge in [-0.3, -0.25) is 4.79 Å². The molecule has 1 heterocycles. The van der Waals surface area contributed by atoms with Crippen LogP contribution in [0.1, 0.15) is 32.3 Å². The molecule has 0 aliphatic carbocycles. The Bertz CT molecular complexity index is 641. The van der Waals surface area contributed by atoms with Gasteiger partial charge in [0.05, 0.1) is 5.75 Å². The molecule has 1 aromatic carbocycles. The number of hydrogen-bond donors (Lipinski definition) is 2. The van der Waals surface area contributed by atoms with Crippen molar-refractivity contribution in [1.29, 1.82) is 0 Å². The van der Waals surface area contributed by atoms with E-state index in [0.717, 1.165) is 28.0 Å². The lowest BCUT2D eigenvalue weighted by molar-refractivity contribution is -0.119. The van der Waals surface area contributed by atoms with Gasteiger partial charge in [0, 0.05) is 11.7 Å². The van der Waals surface area contributed by atoms with Gasteiger partial charge in [-0.15, -0.1) is 10.2 Å². The number of hydrogen-bond acceptors (Lipinski definition) is 6. The maximum Gasteiger partial charge on any atom is 0.230 e. The second kappa shape index (κ2) is 8.88. The van der Waals surface area contributed by atoms with Crippen LogP contribution in [0.3, 0.4) is 0 Å². The van der Waals surface area contributed by atoms with E-state index in [1.54, 1.807) is 0 Å². The molecule has 0 unspecified atom stereocenters. The standard InChI is InChI=1S/C16H22N4OS2/c1-4-12(5-2)17-14(21)10-22-16-20-19-15(23-16)18-13-8-6-7-11(3)9-13/h6-9,12H,4-5,10H2,1-3H3,(H,17,21)(H,18,19). The fourth-order valence-electron chi connectivity index (χ4n) is 2.05. The highest BCUT2D eigenvalue weighted by Gasteiger charge is 2.11. The first-order valence-corrected chi connectivity index (χ1v) is 9.50. The van der Waals surface area contributed by atoms with E-state index in [-0.39, 0.29) is 11.9 Å². The lowest BCUT2D eigenvalue weighted by Crippen LogP contribution is -2.34. The quantitative estimate of drug-likeness (QED) is 0.705. The fourth-order valence-corrected chi connectivity index (χ4v) is 3.64. The summed E-state index contributed by atoms with van der Waals surface area (Å²) in [4.78, 5) is 11.9. The van der Waals surface area contributed by atoms with Crippen LogP contribution in [0.5, 0.6) is 0 Å². The molecule has 5 nitrogen and oxygen atoms in total. The lowest BCUT2D eigenvalue weighted by Gasteiger charge is -2.13. The first kappa shape index (κ1) is 17.7. The molecule has 0 spiro atoms. The number of amides is 1. The molecule has 7 heteroatoms. The number of aromatic nitrogens is 2. The maximum atomic E-state index is 11.9. The number of nitrogens with zero attached hydrogens (tertiary/aromatic N) is 2. The summed E-state index contributed by atoms with van der Waals surface area (Å²) in [7, 11) is 0. The van der Waals surface area contributed by atoms with E-state index in [9.17, 15) is 4.79 Å². The zero-order valence-corrected chi connectivity index (χ0v) is 15.3. The normalized spacial score (nSPS) is 10.8. The van der Waals surface area contributed by atoms with E-state index in [2.05, 4.69) is 40.7 Å². The minimum atomic E-state index is 0.0482. The Hall–Kier alpha value is -1.60. The molecule has 2 aromatic rings. The number of rotatable bonds is 8. The third-order valence-corrected chi connectivity index (χ3v) is 5.33. The van der Waals surface area contributed by atoms with Crippen LogP contribution in [-0.2, 0) is 4.79 Å². The molecule has 1 aromatic heterocycles. The average molecular weight is 351 g/mol. The summed E-state index contributed by atoms with van der Waals surface area (Å²) in [5, 5.41) is 15.2. The van der Waals surface area contributed by atoms with Gasteiger partial charge in [0.2, 0.25) is 11.0 Å². The monoisotopic (exact) mass is 350 g/mol. The van der Waals surface area contributed by atoms with E-state index in [4.69, 9.17) is 0 Å². The van der Waals surface area contributed by atoms with Gasteiger partial charge < -0.3 is 10.6 Å². The zero-order valence-electron chi connectivity index (χ0n) is 13.6. The zero-order chi connectivity index (χ0) is 16.7. The summed E-state index contributed by atoms with van der Waals surface area (Å²) in [5.41, 5.74) is 2.18. The van der Waals surface area contributed by atoms with Crippen molar-refractivity contribution in [3.63, 3.8) is 0 Å². The van der Waals surface area contributed by atoms with Gasteiger partial charge in [-0.1, -0.05) is 49.1 Å². The van der Waals surface area contributed by atoms with Crippen molar-refractivity contribution in [2.75, 3.05) is 11.1 Å². The molecule has 0 bridgehead atoms. The highest BCUT2D eigenvalue weighted by molar-refractivity contribution is 8.01. The van der Waals surface area contributed by atoms with Gasteiger partial charge >= 0.3 is 0 Å². The van der Waals surface area contributed by atoms with Crippen molar-refractivity contribution >= 4 is 39.8 Å². The highest BCUT2D eigenvalue weighted by Crippen LogP contribution is 2.27. The number of aryl methyl sites for hydroxylation is 1. The maximum absolute atomic E-state index is 11.9. The van der Waals surface area contributed by atoms with Crippen molar-refractivity contribution in [2.45, 2.75) is 44.0 Å². The summed E-state index contributed by atoms with van der Waals surface area (Å²) in [5.74, 6) is 0.419. The molecule has 0 aliphatic heterocycles. The van der Waals surface area contributed by atoms with E-state index in [1.165, 1.54) is 28.7 Å². The molecular formula is C16H22N4OS2. The Labute approximate surface area is 145 Å². The Morgan fingerprint density at radius 1 is 1.30 bits per heavy atom. The smallest absolute Gasteiger partial charge is 0.230 e. The van der Waals surface area contributed by atoms with Crippen LogP contribution < -0.4 is 10.6 Å². The molecule has 0 atom stereocenters. The highest BCUT2D eigenvalue weighted by atomic mass is 32.2. The number of carbonyl (C=O) groups excluding carboxylic acids is 1. The Morgan fingerprint density at radius 2 is 2.09 bits per heavy atom. The lowest BCUT2D eigenvalue weighted by atomic mass is 10.2. The molecule has 0 saturated heterocycles. The van der Waals surface area contributed by atoms with Crippen LogP contribution in [0.4, 0.5) is 10.8 Å². The molecule has 0 saturated carbocycles. The number of carbonyl (C=O) groups is 1. The first-order chi connectivity index (χ1) is 11.1. The summed E-state index contributed by atoms with van der Waals surface area (Å²) >= 11 is 2.87. The minimum Gasteiger partial charge on any atom is -0.353 e. The fraction of sp³-hybridized carbons (Fsp3) is 0.438. The molecule has 124 valence electrons. The van der Waals surface area contributed by atoms with Crippen molar-refractivity contribution in [2.24, 2.45) is 0 Å². The third-order valence-electron chi connectivity index (χ3n) is 3.35. The van der Waals surface area contributed by atoms with Gasteiger partial charge in [-0.2, -0.15) is 0 Å². The number of nitrogens with one attached hydrogen (secondary N) is 2. The van der Waals surface area contributed by atoms with Crippen LogP contribution in [0, 0.1) is 6.92 Å². The van der Waals surface area contributed by atoms with Crippen LogP contribution in [0.15, 0.2) is 28.6 Å². The SMILES string of the molecule is CCC(CC)NC(=O)CSc1nnc(Nc2cccc(C)c2)s1. The minimum absolute atomic E-state index is 0.0482. The summed E-state index contributed by atoms with van der Waals surface area (Å²) in [6.45, 7) is 6.20. The predicted molar refractivity (Wildman–Crippen MR) is 97.6 cm³/mol. The topological polar surface area (TPSA) is 66.9 Å². The predicted octanol–water partition coefficient (Wildman–Crippen LogP) is 3.99. The van der Waals surface area contributed by atoms with E-state index < -0.39 is 0 Å². The van der Waals surface area contributed by atoms with Crippen LogP contribution in [0.2, 0.25) is 0 Å². The van der Waals surface area contributed by atoms with Crippen LogP contribution in [-0.4, -0.2) is 27.9 Å². The van der Waals surface area contributed by atoms with Gasteiger partial charge in [0.25, 0.3) is 0 Å². The molecule has 1 amide bonds. The number of anilines is 2. The van der Waals surface area contributed by atoms with Crippen molar-refractivity contribution in [1.82, 2.24) is 15.5 Å². The molecule has 0 aliphatic rings. The Morgan fingerprint density at radius 3 is 2.78 bits per heavy atom. The summed E-state index contributed by atoms with van der Waals surface area (Å²) < 4.78 is 0.792. The van der Waals surface area contributed by atoms with Gasteiger partial charge in [0.1, 0.15) is 0 Å². The summed E-state index contributed by atoms with van der Waals surface area (Å²) in [6.07, 6.45) is 1.91. The molecular weight excluding hydrogens is 328 g/mol. The van der Waals surface area contributed by atoms with Crippen molar-refractivity contribution < 1.29 is 4.79 Å². The van der Waals surface area contributed by atoms with Gasteiger partial charge in [0.15, 0.2) is 4.34 Å². The molecule has 0 fully saturated rings. The molecule has 2 N–H and O–H groups in total. The van der Waals surface area contributed by atoms with Crippen molar-refractivity contribution in [3.05, 3.63) is 29.8 Å².